The number of thiophene rings is 1. The molecular weight excluding hydrogens is 302 g/mol. The Morgan fingerprint density at radius 3 is 2.83 bits per heavy atom. The van der Waals surface area contributed by atoms with Crippen LogP contribution in [0.4, 0.5) is 5.69 Å². The maximum Gasteiger partial charge on any atom is 0.300 e. The molecule has 1 aliphatic rings. The Morgan fingerprint density at radius 1 is 1.61 bits per heavy atom. The van der Waals surface area contributed by atoms with Crippen LogP contribution in [0.25, 0.3) is 0 Å². The van der Waals surface area contributed by atoms with E-state index in [9.17, 15) is 18.5 Å². The summed E-state index contributed by atoms with van der Waals surface area (Å²) in [5.74, 6) is 0. The van der Waals surface area contributed by atoms with Gasteiger partial charge in [-0.25, -0.2) is 13.1 Å². The predicted octanol–water partition coefficient (Wildman–Crippen LogP) is 0.950. The second-order valence-corrected chi connectivity index (χ2v) is 7.39. The molecule has 10 heteroatoms. The highest BCUT2D eigenvalue weighted by Gasteiger charge is 2.28. The number of hydrogen-bond acceptors (Lipinski definition) is 6. The third-order valence-electron chi connectivity index (χ3n) is 2.49. The molecule has 0 unspecified atom stereocenters. The quantitative estimate of drug-likeness (QED) is 0.637. The molecule has 7 nitrogen and oxygen atoms in total. The summed E-state index contributed by atoms with van der Waals surface area (Å²) in [5.41, 5.74) is -0.383. The number of nitrogens with zero attached hydrogens (tertiary/aromatic N) is 1. The lowest BCUT2D eigenvalue weighted by Crippen LogP contribution is -2.35. The molecule has 2 heterocycles. The van der Waals surface area contributed by atoms with E-state index in [1.54, 1.807) is 0 Å². The summed E-state index contributed by atoms with van der Waals surface area (Å²) in [5, 5.41) is 13.6. The van der Waals surface area contributed by atoms with E-state index in [1.165, 1.54) is 0 Å². The lowest BCUT2D eigenvalue weighted by molar-refractivity contribution is -0.384. The molecule has 2 rings (SSSR count). The summed E-state index contributed by atoms with van der Waals surface area (Å²) in [6, 6.07) is 0.799. The average molecular weight is 312 g/mol. The van der Waals surface area contributed by atoms with Crippen molar-refractivity contribution >= 4 is 38.6 Å². The van der Waals surface area contributed by atoms with Gasteiger partial charge >= 0.3 is 0 Å². The smallest absolute Gasteiger partial charge is 0.300 e. The molecule has 100 valence electrons. The van der Waals surface area contributed by atoms with Crippen molar-refractivity contribution in [3.63, 3.8) is 0 Å². The number of sulfonamides is 1. The van der Waals surface area contributed by atoms with Crippen molar-refractivity contribution < 1.29 is 13.3 Å². The highest BCUT2D eigenvalue weighted by atomic mass is 35.5. The molecule has 0 saturated carbocycles. The molecular formula is C8H10ClN3O4S2. The van der Waals surface area contributed by atoms with Crippen molar-refractivity contribution in [2.24, 2.45) is 0 Å². The highest BCUT2D eigenvalue weighted by Crippen LogP contribution is 2.36. The first kappa shape index (κ1) is 13.7. The number of halogens is 1. The largest absolute Gasteiger partial charge is 0.315 e. The standard InChI is InChI=1S/C8H10ClN3O4S2/c9-8-6(12(13)14)3-7(17-8)18(15,16)11-5-1-2-10-4-5/h3,5,10-11H,1-2,4H2/t5-/m0/s1. The number of hydrogen-bond donors (Lipinski definition) is 2. The molecule has 1 aromatic rings. The van der Waals surface area contributed by atoms with E-state index in [2.05, 4.69) is 10.0 Å². The van der Waals surface area contributed by atoms with Crippen LogP contribution in [-0.2, 0) is 10.0 Å². The lowest BCUT2D eigenvalue weighted by atomic mass is 10.3. The Morgan fingerprint density at radius 2 is 2.33 bits per heavy atom. The monoisotopic (exact) mass is 311 g/mol. The molecule has 1 saturated heterocycles. The van der Waals surface area contributed by atoms with Crippen molar-refractivity contribution in [2.75, 3.05) is 13.1 Å². The molecule has 0 amide bonds. The van der Waals surface area contributed by atoms with Crippen LogP contribution in [0.5, 0.6) is 0 Å². The van der Waals surface area contributed by atoms with Gasteiger partial charge in [0.05, 0.1) is 4.92 Å². The van der Waals surface area contributed by atoms with Crippen LogP contribution in [0.2, 0.25) is 4.34 Å². The van der Waals surface area contributed by atoms with E-state index in [0.717, 1.165) is 12.6 Å². The van der Waals surface area contributed by atoms with Gasteiger partial charge in [-0.2, -0.15) is 0 Å². The Hall–Kier alpha value is -0.740. The van der Waals surface area contributed by atoms with Crippen LogP contribution >= 0.6 is 22.9 Å². The van der Waals surface area contributed by atoms with Crippen LogP contribution in [-0.4, -0.2) is 32.5 Å². The van der Waals surface area contributed by atoms with E-state index >= 15 is 0 Å². The maximum atomic E-state index is 12.0. The van der Waals surface area contributed by atoms with Crippen LogP contribution in [0.15, 0.2) is 10.3 Å². The normalized spacial score (nSPS) is 20.2. The van der Waals surface area contributed by atoms with Gasteiger partial charge in [-0.3, -0.25) is 10.1 Å². The molecule has 1 aromatic heterocycles. The molecule has 1 aliphatic heterocycles. The molecule has 0 radical (unpaired) electrons. The van der Waals surface area contributed by atoms with Crippen molar-refractivity contribution in [3.8, 4) is 0 Å². The van der Waals surface area contributed by atoms with Crippen molar-refractivity contribution in [1.82, 2.24) is 10.0 Å². The first-order valence-electron chi connectivity index (χ1n) is 5.07. The minimum absolute atomic E-state index is 0.133. The molecule has 0 bridgehead atoms. The van der Waals surface area contributed by atoms with Crippen LogP contribution in [0, 0.1) is 10.1 Å². The predicted molar refractivity (Wildman–Crippen MR) is 67.6 cm³/mol. The minimum atomic E-state index is -3.74. The third-order valence-corrected chi connectivity index (χ3v) is 5.82. The zero-order chi connectivity index (χ0) is 13.3. The van der Waals surface area contributed by atoms with Crippen LogP contribution < -0.4 is 10.0 Å². The summed E-state index contributed by atoms with van der Waals surface area (Å²) in [7, 11) is -3.74. The SMILES string of the molecule is O=[N+]([O-])c1cc(S(=O)(=O)N[C@H]2CCNC2)sc1Cl. The Bertz CT molecular complexity index is 565. The molecule has 2 N–H and O–H groups in total. The molecule has 1 atom stereocenters. The van der Waals surface area contributed by atoms with E-state index in [-0.39, 0.29) is 20.3 Å². The first-order chi connectivity index (χ1) is 8.40. The van der Waals surface area contributed by atoms with Gasteiger partial charge in [0, 0.05) is 18.7 Å². The maximum absolute atomic E-state index is 12.0. The number of nitro groups is 1. The van der Waals surface area contributed by atoms with Gasteiger partial charge in [0.25, 0.3) is 15.7 Å². The van der Waals surface area contributed by atoms with Gasteiger partial charge in [-0.15, -0.1) is 11.3 Å². The Kier molecular flexibility index (Phi) is 3.87. The molecule has 18 heavy (non-hydrogen) atoms. The van der Waals surface area contributed by atoms with E-state index < -0.39 is 14.9 Å². The Labute approximate surface area is 112 Å². The summed E-state index contributed by atoms with van der Waals surface area (Å²) in [6.45, 7) is 1.30. The molecule has 0 aromatic carbocycles. The van der Waals surface area contributed by atoms with Gasteiger partial charge in [-0.05, 0) is 13.0 Å². The van der Waals surface area contributed by atoms with Crippen molar-refractivity contribution in [1.29, 1.82) is 0 Å². The van der Waals surface area contributed by atoms with E-state index in [4.69, 9.17) is 11.6 Å². The van der Waals surface area contributed by atoms with Gasteiger partial charge in [0.15, 0.2) is 4.34 Å². The molecule has 0 aliphatic carbocycles. The van der Waals surface area contributed by atoms with Crippen molar-refractivity contribution in [2.45, 2.75) is 16.7 Å². The van der Waals surface area contributed by atoms with Crippen LogP contribution in [0.3, 0.4) is 0 Å². The average Bonchev–Trinajstić information content (AvgIpc) is 2.86. The van der Waals surface area contributed by atoms with Crippen LogP contribution in [0.1, 0.15) is 6.42 Å². The molecule has 0 spiro atoms. The van der Waals surface area contributed by atoms with Crippen molar-refractivity contribution in [3.05, 3.63) is 20.5 Å². The first-order valence-corrected chi connectivity index (χ1v) is 7.74. The lowest BCUT2D eigenvalue weighted by Gasteiger charge is -2.09. The highest BCUT2D eigenvalue weighted by molar-refractivity contribution is 7.91. The zero-order valence-corrected chi connectivity index (χ0v) is 11.4. The van der Waals surface area contributed by atoms with Gasteiger partial charge in [0.2, 0.25) is 0 Å². The van der Waals surface area contributed by atoms with E-state index in [0.29, 0.717) is 24.3 Å². The summed E-state index contributed by atoms with van der Waals surface area (Å²) >= 11 is 6.32. The zero-order valence-electron chi connectivity index (χ0n) is 9.05. The third kappa shape index (κ3) is 2.81. The topological polar surface area (TPSA) is 101 Å². The summed E-state index contributed by atoms with van der Waals surface area (Å²) < 4.78 is 26.2. The van der Waals surface area contributed by atoms with Gasteiger partial charge < -0.3 is 5.32 Å². The fourth-order valence-electron chi connectivity index (χ4n) is 1.63. The second-order valence-electron chi connectivity index (χ2n) is 3.79. The van der Waals surface area contributed by atoms with Gasteiger partial charge in [-0.1, -0.05) is 11.6 Å². The fraction of sp³-hybridized carbons (Fsp3) is 0.500. The molecule has 1 fully saturated rings. The van der Waals surface area contributed by atoms with E-state index in [1.807, 2.05) is 0 Å². The summed E-state index contributed by atoms with van der Waals surface area (Å²) in [6.07, 6.45) is 0.695. The Balaban J connectivity index is 2.24. The van der Waals surface area contributed by atoms with Gasteiger partial charge in [0.1, 0.15) is 4.21 Å². The number of rotatable bonds is 4. The fourth-order valence-corrected chi connectivity index (χ4v) is 4.58. The second kappa shape index (κ2) is 5.10. The summed E-state index contributed by atoms with van der Waals surface area (Å²) in [4.78, 5) is 9.91. The minimum Gasteiger partial charge on any atom is -0.315 e. The number of nitrogens with one attached hydrogen (secondary N) is 2.